The summed E-state index contributed by atoms with van der Waals surface area (Å²) >= 11 is 1.90. The van der Waals surface area contributed by atoms with Crippen LogP contribution in [0.2, 0.25) is 0 Å². The van der Waals surface area contributed by atoms with Crippen molar-refractivity contribution in [2.45, 2.75) is 43.0 Å². The van der Waals surface area contributed by atoms with Crippen LogP contribution in [-0.2, 0) is 0 Å². The third kappa shape index (κ3) is 3.41. The number of ether oxygens (including phenoxy) is 2. The van der Waals surface area contributed by atoms with Gasteiger partial charge >= 0.3 is 0 Å². The molecule has 0 saturated heterocycles. The maximum atomic E-state index is 6.12. The number of hydrogen-bond donors (Lipinski definition) is 1. The van der Waals surface area contributed by atoms with Gasteiger partial charge in [-0.1, -0.05) is 6.42 Å². The van der Waals surface area contributed by atoms with E-state index in [1.54, 1.807) is 0 Å². The number of benzene rings is 1. The van der Waals surface area contributed by atoms with Crippen molar-refractivity contribution < 1.29 is 9.47 Å². The van der Waals surface area contributed by atoms with Crippen LogP contribution in [0.5, 0.6) is 11.5 Å². The molecule has 3 nitrogen and oxygen atoms in total. The van der Waals surface area contributed by atoms with Gasteiger partial charge < -0.3 is 15.2 Å². The molecular weight excluding hydrogens is 270 g/mol. The molecule has 2 N–H and O–H groups in total. The van der Waals surface area contributed by atoms with E-state index in [1.807, 2.05) is 17.8 Å². The second-order valence-electron chi connectivity index (χ2n) is 5.65. The summed E-state index contributed by atoms with van der Waals surface area (Å²) in [6.07, 6.45) is 6.00. The van der Waals surface area contributed by atoms with Crippen molar-refractivity contribution in [1.29, 1.82) is 0 Å². The summed E-state index contributed by atoms with van der Waals surface area (Å²) in [6, 6.07) is 6.70. The van der Waals surface area contributed by atoms with Gasteiger partial charge in [0, 0.05) is 17.4 Å². The minimum absolute atomic E-state index is 0.430. The summed E-state index contributed by atoms with van der Waals surface area (Å²) in [5.74, 6) is 3.63. The molecule has 0 spiro atoms. The number of hydrogen-bond acceptors (Lipinski definition) is 4. The minimum atomic E-state index is 0.430. The maximum Gasteiger partial charge on any atom is 0.162 e. The molecule has 1 aliphatic heterocycles. The summed E-state index contributed by atoms with van der Waals surface area (Å²) in [7, 11) is 0. The van der Waals surface area contributed by atoms with Crippen molar-refractivity contribution in [3.05, 3.63) is 18.2 Å². The zero-order valence-electron chi connectivity index (χ0n) is 11.8. The zero-order chi connectivity index (χ0) is 13.8. The van der Waals surface area contributed by atoms with Gasteiger partial charge in [0.1, 0.15) is 0 Å². The third-order valence-electron chi connectivity index (χ3n) is 4.19. The SMILES string of the molecule is NC1CCCC1CCSc1ccc2c(c1)OCCCO2. The Labute approximate surface area is 125 Å². The van der Waals surface area contributed by atoms with Gasteiger partial charge in [0.2, 0.25) is 0 Å². The van der Waals surface area contributed by atoms with Gasteiger partial charge in [-0.25, -0.2) is 0 Å². The second kappa shape index (κ2) is 6.72. The Bertz CT molecular complexity index is 452. The molecule has 20 heavy (non-hydrogen) atoms. The topological polar surface area (TPSA) is 44.5 Å². The molecule has 110 valence electrons. The van der Waals surface area contributed by atoms with Crippen LogP contribution in [0.1, 0.15) is 32.1 Å². The number of rotatable bonds is 4. The van der Waals surface area contributed by atoms with Crippen LogP contribution in [-0.4, -0.2) is 25.0 Å². The van der Waals surface area contributed by atoms with Crippen molar-refractivity contribution in [3.63, 3.8) is 0 Å². The van der Waals surface area contributed by atoms with Gasteiger partial charge in [-0.15, -0.1) is 11.8 Å². The number of thioether (sulfide) groups is 1. The first kappa shape index (κ1) is 14.1. The lowest BCUT2D eigenvalue weighted by Crippen LogP contribution is -2.24. The molecule has 0 radical (unpaired) electrons. The number of fused-ring (bicyclic) bond motifs is 1. The van der Waals surface area contributed by atoms with Gasteiger partial charge in [-0.2, -0.15) is 0 Å². The van der Waals surface area contributed by atoms with Crippen LogP contribution >= 0.6 is 11.8 Å². The highest BCUT2D eigenvalue weighted by Crippen LogP contribution is 2.35. The highest BCUT2D eigenvalue weighted by Gasteiger charge is 2.23. The van der Waals surface area contributed by atoms with Crippen molar-refractivity contribution in [2.24, 2.45) is 11.7 Å². The maximum absolute atomic E-state index is 6.12. The molecule has 1 heterocycles. The van der Waals surface area contributed by atoms with Gasteiger partial charge in [0.15, 0.2) is 11.5 Å². The predicted octanol–water partition coefficient (Wildman–Crippen LogP) is 3.46. The zero-order valence-corrected chi connectivity index (χ0v) is 12.7. The first-order valence-electron chi connectivity index (χ1n) is 7.61. The second-order valence-corrected chi connectivity index (χ2v) is 6.82. The molecule has 1 fully saturated rings. The molecule has 2 aliphatic rings. The smallest absolute Gasteiger partial charge is 0.162 e. The van der Waals surface area contributed by atoms with E-state index in [2.05, 4.69) is 12.1 Å². The normalized spacial score (nSPS) is 25.4. The average Bonchev–Trinajstić information content (AvgIpc) is 2.73. The van der Waals surface area contributed by atoms with E-state index < -0.39 is 0 Å². The first-order valence-corrected chi connectivity index (χ1v) is 8.59. The summed E-state index contributed by atoms with van der Waals surface area (Å²) in [6.45, 7) is 1.50. The summed E-state index contributed by atoms with van der Waals surface area (Å²) < 4.78 is 11.4. The van der Waals surface area contributed by atoms with E-state index in [1.165, 1.54) is 30.6 Å². The largest absolute Gasteiger partial charge is 0.490 e. The molecular formula is C16H23NO2S. The van der Waals surface area contributed by atoms with E-state index in [9.17, 15) is 0 Å². The predicted molar refractivity (Wildman–Crippen MR) is 82.7 cm³/mol. The summed E-state index contributed by atoms with van der Waals surface area (Å²) in [5, 5.41) is 0. The molecule has 0 aromatic heterocycles. The van der Waals surface area contributed by atoms with E-state index >= 15 is 0 Å². The molecule has 1 aromatic rings. The van der Waals surface area contributed by atoms with E-state index in [0.29, 0.717) is 6.04 Å². The van der Waals surface area contributed by atoms with Gasteiger partial charge in [-0.05, 0) is 49.1 Å². The van der Waals surface area contributed by atoms with Crippen molar-refractivity contribution in [1.82, 2.24) is 0 Å². The van der Waals surface area contributed by atoms with Crippen LogP contribution in [0.3, 0.4) is 0 Å². The van der Waals surface area contributed by atoms with Crippen LogP contribution < -0.4 is 15.2 Å². The summed E-state index contributed by atoms with van der Waals surface area (Å²) in [5.41, 5.74) is 6.12. The number of nitrogens with two attached hydrogens (primary N) is 1. The highest BCUT2D eigenvalue weighted by molar-refractivity contribution is 7.99. The molecule has 0 amide bonds. The minimum Gasteiger partial charge on any atom is -0.490 e. The lowest BCUT2D eigenvalue weighted by Gasteiger charge is -2.15. The Kier molecular flexibility index (Phi) is 4.73. The van der Waals surface area contributed by atoms with Crippen LogP contribution in [0.25, 0.3) is 0 Å². The van der Waals surface area contributed by atoms with E-state index in [0.717, 1.165) is 42.8 Å². The van der Waals surface area contributed by atoms with Crippen LogP contribution in [0.15, 0.2) is 23.1 Å². The fourth-order valence-electron chi connectivity index (χ4n) is 2.99. The quantitative estimate of drug-likeness (QED) is 0.864. The van der Waals surface area contributed by atoms with Gasteiger partial charge in [0.25, 0.3) is 0 Å². The Morgan fingerprint density at radius 1 is 1.10 bits per heavy atom. The fraction of sp³-hybridized carbons (Fsp3) is 0.625. The lowest BCUT2D eigenvalue weighted by molar-refractivity contribution is 0.297. The first-order chi connectivity index (χ1) is 9.83. The molecule has 1 aliphatic carbocycles. The Hall–Kier alpha value is -0.870. The molecule has 0 bridgehead atoms. The fourth-order valence-corrected chi connectivity index (χ4v) is 4.00. The monoisotopic (exact) mass is 293 g/mol. The van der Waals surface area contributed by atoms with Crippen LogP contribution in [0.4, 0.5) is 0 Å². The average molecular weight is 293 g/mol. The van der Waals surface area contributed by atoms with Crippen molar-refractivity contribution >= 4 is 11.8 Å². The Morgan fingerprint density at radius 2 is 1.95 bits per heavy atom. The van der Waals surface area contributed by atoms with Gasteiger partial charge in [-0.3, -0.25) is 0 Å². The molecule has 4 heteroatoms. The van der Waals surface area contributed by atoms with Crippen molar-refractivity contribution in [3.8, 4) is 11.5 Å². The van der Waals surface area contributed by atoms with E-state index in [-0.39, 0.29) is 0 Å². The van der Waals surface area contributed by atoms with Gasteiger partial charge in [0.05, 0.1) is 13.2 Å². The van der Waals surface area contributed by atoms with Crippen LogP contribution in [0, 0.1) is 5.92 Å². The molecule has 2 unspecified atom stereocenters. The lowest BCUT2D eigenvalue weighted by atomic mass is 10.0. The Morgan fingerprint density at radius 3 is 2.75 bits per heavy atom. The Balaban J connectivity index is 1.54. The standard InChI is InChI=1S/C16H23NO2S/c17-14-4-1-3-12(14)7-10-20-13-5-6-15-16(11-13)19-9-2-8-18-15/h5-6,11-12,14H,1-4,7-10,17H2. The highest BCUT2D eigenvalue weighted by atomic mass is 32.2. The molecule has 2 atom stereocenters. The van der Waals surface area contributed by atoms with E-state index in [4.69, 9.17) is 15.2 Å². The van der Waals surface area contributed by atoms with Crippen molar-refractivity contribution in [2.75, 3.05) is 19.0 Å². The third-order valence-corrected chi connectivity index (χ3v) is 5.22. The molecule has 1 saturated carbocycles. The summed E-state index contributed by atoms with van der Waals surface area (Å²) in [4.78, 5) is 1.26. The molecule has 3 rings (SSSR count). The molecule has 1 aromatic carbocycles.